The molecule has 4 atom stereocenters. The Labute approximate surface area is 137 Å². The van der Waals surface area contributed by atoms with Gasteiger partial charge in [0.1, 0.15) is 0 Å². The molecule has 0 aromatic heterocycles. The van der Waals surface area contributed by atoms with Crippen molar-refractivity contribution in [3.63, 3.8) is 0 Å². The average Bonchev–Trinajstić information content (AvgIpc) is 3.14. The molecule has 2 heteroatoms. The first-order valence-electron chi connectivity index (χ1n) is 8.66. The van der Waals surface area contributed by atoms with E-state index in [2.05, 4.69) is 60.7 Å². The summed E-state index contributed by atoms with van der Waals surface area (Å²) in [5, 5.41) is 20.0. The highest BCUT2D eigenvalue weighted by atomic mass is 16.3. The summed E-state index contributed by atoms with van der Waals surface area (Å²) in [7, 11) is 0. The van der Waals surface area contributed by atoms with Crippen LogP contribution in [0.1, 0.15) is 24.0 Å². The van der Waals surface area contributed by atoms with E-state index in [1.54, 1.807) is 0 Å². The third-order valence-corrected chi connectivity index (χ3v) is 6.47. The van der Waals surface area contributed by atoms with Crippen LogP contribution in [-0.4, -0.2) is 23.4 Å². The number of aliphatic hydroxyl groups is 2. The van der Waals surface area contributed by atoms with Gasteiger partial charge in [-0.15, -0.1) is 0 Å². The zero-order valence-electron chi connectivity index (χ0n) is 13.3. The SMILES string of the molecule is OC[C@@H]1[C@H](CO)[C@@H]2CC[C@H]1C2(c1ccccc1)c1ccccc1. The summed E-state index contributed by atoms with van der Waals surface area (Å²) in [5.41, 5.74) is 2.62. The van der Waals surface area contributed by atoms with Gasteiger partial charge in [0.05, 0.1) is 0 Å². The molecule has 23 heavy (non-hydrogen) atoms. The van der Waals surface area contributed by atoms with Crippen molar-refractivity contribution in [2.75, 3.05) is 13.2 Å². The van der Waals surface area contributed by atoms with E-state index in [0.717, 1.165) is 12.8 Å². The van der Waals surface area contributed by atoms with Gasteiger partial charge in [0.2, 0.25) is 0 Å². The largest absolute Gasteiger partial charge is 0.396 e. The maximum atomic E-state index is 10.0. The van der Waals surface area contributed by atoms with Crippen molar-refractivity contribution < 1.29 is 10.2 Å². The molecule has 0 amide bonds. The minimum absolute atomic E-state index is 0.0662. The molecule has 2 nitrogen and oxygen atoms in total. The van der Waals surface area contributed by atoms with E-state index < -0.39 is 0 Å². The van der Waals surface area contributed by atoms with Gasteiger partial charge < -0.3 is 10.2 Å². The fraction of sp³-hybridized carbons (Fsp3) is 0.429. The Morgan fingerprint density at radius 3 is 1.43 bits per heavy atom. The van der Waals surface area contributed by atoms with Crippen LogP contribution in [0.2, 0.25) is 0 Å². The summed E-state index contributed by atoms with van der Waals surface area (Å²) < 4.78 is 0. The van der Waals surface area contributed by atoms with E-state index in [1.807, 2.05) is 0 Å². The second-order valence-corrected chi connectivity index (χ2v) is 7.08. The van der Waals surface area contributed by atoms with Gasteiger partial charge in [0.25, 0.3) is 0 Å². The fourth-order valence-corrected chi connectivity index (χ4v) is 5.77. The normalized spacial score (nSPS) is 31.4. The first kappa shape index (κ1) is 14.9. The molecule has 2 aliphatic carbocycles. The maximum absolute atomic E-state index is 10.0. The molecule has 0 radical (unpaired) electrons. The molecule has 0 aliphatic heterocycles. The first-order valence-corrected chi connectivity index (χ1v) is 8.66. The Kier molecular flexibility index (Phi) is 3.74. The highest BCUT2D eigenvalue weighted by molar-refractivity contribution is 5.45. The molecule has 120 valence electrons. The number of aliphatic hydroxyl groups excluding tert-OH is 2. The van der Waals surface area contributed by atoms with E-state index in [1.165, 1.54) is 11.1 Å². The van der Waals surface area contributed by atoms with Crippen LogP contribution in [0, 0.1) is 23.7 Å². The standard InChI is InChI=1S/C21H24O2/c22-13-17-18(14-23)20-12-11-19(17)21(20,15-7-3-1-4-8-15)16-9-5-2-6-10-16/h1-10,17-20,22-23H,11-14H2/t17-,18+,19-,20+. The Bertz CT molecular complexity index is 593. The lowest BCUT2D eigenvalue weighted by atomic mass is 9.66. The van der Waals surface area contributed by atoms with Crippen molar-refractivity contribution in [1.29, 1.82) is 0 Å². The summed E-state index contributed by atoms with van der Waals surface area (Å²) in [6.07, 6.45) is 2.27. The van der Waals surface area contributed by atoms with Gasteiger partial charge in [0, 0.05) is 18.6 Å². The van der Waals surface area contributed by atoms with Gasteiger partial charge in [-0.25, -0.2) is 0 Å². The highest BCUT2D eigenvalue weighted by Gasteiger charge is 2.64. The quantitative estimate of drug-likeness (QED) is 0.910. The van der Waals surface area contributed by atoms with Crippen LogP contribution in [0.3, 0.4) is 0 Å². The van der Waals surface area contributed by atoms with E-state index in [-0.39, 0.29) is 30.5 Å². The van der Waals surface area contributed by atoms with E-state index >= 15 is 0 Å². The molecule has 0 saturated heterocycles. The van der Waals surface area contributed by atoms with Crippen molar-refractivity contribution in [2.45, 2.75) is 18.3 Å². The maximum Gasteiger partial charge on any atom is 0.0465 e. The zero-order chi connectivity index (χ0) is 15.9. The predicted octanol–water partition coefficient (Wildman–Crippen LogP) is 3.23. The third kappa shape index (κ3) is 1.95. The van der Waals surface area contributed by atoms with Crippen molar-refractivity contribution in [2.24, 2.45) is 23.7 Å². The van der Waals surface area contributed by atoms with Crippen LogP contribution in [-0.2, 0) is 5.41 Å². The Morgan fingerprint density at radius 2 is 1.09 bits per heavy atom. The molecule has 4 rings (SSSR count). The highest BCUT2D eigenvalue weighted by Crippen LogP contribution is 2.66. The molecule has 0 spiro atoms. The van der Waals surface area contributed by atoms with Gasteiger partial charge in [-0.3, -0.25) is 0 Å². The minimum atomic E-state index is -0.0662. The Morgan fingerprint density at radius 1 is 0.696 bits per heavy atom. The molecule has 0 heterocycles. The van der Waals surface area contributed by atoms with E-state index in [4.69, 9.17) is 0 Å². The summed E-state index contributed by atoms with van der Waals surface area (Å²) in [6.45, 7) is 0.349. The Hall–Kier alpha value is -1.64. The van der Waals surface area contributed by atoms with E-state index in [0.29, 0.717) is 11.8 Å². The molecule has 2 bridgehead atoms. The first-order chi connectivity index (χ1) is 11.3. The molecule has 2 aromatic rings. The summed E-state index contributed by atoms with van der Waals surface area (Å²) in [4.78, 5) is 0. The lowest BCUT2D eigenvalue weighted by Gasteiger charge is -2.37. The van der Waals surface area contributed by atoms with Crippen molar-refractivity contribution in [3.05, 3.63) is 71.8 Å². The number of rotatable bonds is 4. The monoisotopic (exact) mass is 308 g/mol. The molecule has 2 fully saturated rings. The van der Waals surface area contributed by atoms with Crippen LogP contribution < -0.4 is 0 Å². The van der Waals surface area contributed by atoms with Crippen LogP contribution in [0.25, 0.3) is 0 Å². The molecule has 2 N–H and O–H groups in total. The van der Waals surface area contributed by atoms with Crippen molar-refractivity contribution in [3.8, 4) is 0 Å². The summed E-state index contributed by atoms with van der Waals surface area (Å²) in [6, 6.07) is 21.5. The number of fused-ring (bicyclic) bond motifs is 2. The molecule has 2 aliphatic rings. The smallest absolute Gasteiger partial charge is 0.0465 e. The van der Waals surface area contributed by atoms with Gasteiger partial charge in [-0.05, 0) is 47.6 Å². The lowest BCUT2D eigenvalue weighted by molar-refractivity contribution is 0.0791. The topological polar surface area (TPSA) is 40.5 Å². The lowest BCUT2D eigenvalue weighted by Crippen LogP contribution is -2.35. The number of benzene rings is 2. The predicted molar refractivity (Wildman–Crippen MR) is 91.0 cm³/mol. The van der Waals surface area contributed by atoms with Crippen molar-refractivity contribution >= 4 is 0 Å². The van der Waals surface area contributed by atoms with Crippen LogP contribution in [0.15, 0.2) is 60.7 Å². The molecular weight excluding hydrogens is 284 g/mol. The van der Waals surface area contributed by atoms with Gasteiger partial charge in [-0.1, -0.05) is 60.7 Å². The molecule has 0 unspecified atom stereocenters. The van der Waals surface area contributed by atoms with Crippen molar-refractivity contribution in [1.82, 2.24) is 0 Å². The Balaban J connectivity index is 1.95. The molecule has 2 aromatic carbocycles. The van der Waals surface area contributed by atoms with Gasteiger partial charge in [-0.2, -0.15) is 0 Å². The second kappa shape index (κ2) is 5.77. The van der Waals surface area contributed by atoms with Gasteiger partial charge >= 0.3 is 0 Å². The van der Waals surface area contributed by atoms with Crippen LogP contribution in [0.4, 0.5) is 0 Å². The fourth-order valence-electron chi connectivity index (χ4n) is 5.77. The van der Waals surface area contributed by atoms with Gasteiger partial charge in [0.15, 0.2) is 0 Å². The zero-order valence-corrected chi connectivity index (χ0v) is 13.3. The summed E-state index contributed by atoms with van der Waals surface area (Å²) in [5.74, 6) is 1.19. The average molecular weight is 308 g/mol. The van der Waals surface area contributed by atoms with Crippen LogP contribution >= 0.6 is 0 Å². The van der Waals surface area contributed by atoms with E-state index in [9.17, 15) is 10.2 Å². The number of hydrogen-bond donors (Lipinski definition) is 2. The second-order valence-electron chi connectivity index (χ2n) is 7.08. The molecule has 2 saturated carbocycles. The number of hydrogen-bond acceptors (Lipinski definition) is 2. The summed E-state index contributed by atoms with van der Waals surface area (Å²) >= 11 is 0. The third-order valence-electron chi connectivity index (χ3n) is 6.47. The van der Waals surface area contributed by atoms with Crippen LogP contribution in [0.5, 0.6) is 0 Å². The molecular formula is C21H24O2. The minimum Gasteiger partial charge on any atom is -0.396 e.